The summed E-state index contributed by atoms with van der Waals surface area (Å²) in [6.45, 7) is 4.32. The van der Waals surface area contributed by atoms with E-state index < -0.39 is 5.97 Å². The highest BCUT2D eigenvalue weighted by Crippen LogP contribution is 2.32. The average Bonchev–Trinajstić information content (AvgIpc) is 2.76. The van der Waals surface area contributed by atoms with Crippen molar-refractivity contribution in [3.8, 4) is 5.75 Å². The van der Waals surface area contributed by atoms with Crippen molar-refractivity contribution >= 4 is 5.97 Å². The molecule has 1 aromatic carbocycles. The summed E-state index contributed by atoms with van der Waals surface area (Å²) >= 11 is 0. The first kappa shape index (κ1) is 13.9. The van der Waals surface area contributed by atoms with Gasteiger partial charge in [0.25, 0.3) is 0 Å². The molecule has 2 unspecified atom stereocenters. The molecule has 0 aliphatic heterocycles. The van der Waals surface area contributed by atoms with Crippen LogP contribution in [0.15, 0.2) is 24.3 Å². The predicted molar refractivity (Wildman–Crippen MR) is 74.5 cm³/mol. The third-order valence-corrected chi connectivity index (χ3v) is 3.86. The Bertz CT molecular complexity index is 422. The van der Waals surface area contributed by atoms with Gasteiger partial charge in [0.2, 0.25) is 0 Å². The molecule has 0 radical (unpaired) electrons. The van der Waals surface area contributed by atoms with E-state index in [4.69, 9.17) is 9.84 Å². The molecule has 2 atom stereocenters. The molecule has 0 amide bonds. The fourth-order valence-electron chi connectivity index (χ4n) is 2.72. The minimum atomic E-state index is -0.726. The van der Waals surface area contributed by atoms with Gasteiger partial charge in [-0.1, -0.05) is 26.0 Å². The number of carboxylic acid groups (broad SMARTS) is 1. The van der Waals surface area contributed by atoms with E-state index in [1.165, 1.54) is 5.56 Å². The van der Waals surface area contributed by atoms with Crippen LogP contribution in [0, 0.1) is 5.92 Å². The van der Waals surface area contributed by atoms with Crippen LogP contribution in [-0.4, -0.2) is 17.2 Å². The van der Waals surface area contributed by atoms with Crippen LogP contribution >= 0.6 is 0 Å². The van der Waals surface area contributed by atoms with Crippen molar-refractivity contribution in [1.29, 1.82) is 0 Å². The van der Waals surface area contributed by atoms with Gasteiger partial charge in [-0.05, 0) is 42.9 Å². The van der Waals surface area contributed by atoms with Crippen molar-refractivity contribution < 1.29 is 14.6 Å². The molecular weight excluding hydrogens is 240 g/mol. The zero-order valence-corrected chi connectivity index (χ0v) is 11.6. The van der Waals surface area contributed by atoms with E-state index in [0.29, 0.717) is 5.92 Å². The summed E-state index contributed by atoms with van der Waals surface area (Å²) < 4.78 is 5.96. The summed E-state index contributed by atoms with van der Waals surface area (Å²) in [6.07, 6.45) is 3.26. The van der Waals surface area contributed by atoms with Gasteiger partial charge in [-0.3, -0.25) is 4.79 Å². The Morgan fingerprint density at radius 2 is 2.00 bits per heavy atom. The highest BCUT2D eigenvalue weighted by atomic mass is 16.5. The van der Waals surface area contributed by atoms with Gasteiger partial charge in [-0.25, -0.2) is 0 Å². The van der Waals surface area contributed by atoms with E-state index in [1.54, 1.807) is 0 Å². The van der Waals surface area contributed by atoms with Gasteiger partial charge in [0.15, 0.2) is 0 Å². The standard InChI is InChI=1S/C16H22O3/c1-11(2)12-6-8-14(9-7-12)19-15-5-3-4-13(15)10-16(17)18/h6-9,11,13,15H,3-5,10H2,1-2H3,(H,17,18). The van der Waals surface area contributed by atoms with E-state index >= 15 is 0 Å². The molecule has 1 aliphatic rings. The Morgan fingerprint density at radius 1 is 1.32 bits per heavy atom. The van der Waals surface area contributed by atoms with Gasteiger partial charge in [-0.2, -0.15) is 0 Å². The summed E-state index contributed by atoms with van der Waals surface area (Å²) in [6, 6.07) is 8.15. The zero-order chi connectivity index (χ0) is 13.8. The minimum Gasteiger partial charge on any atom is -0.490 e. The lowest BCUT2D eigenvalue weighted by molar-refractivity contribution is -0.138. The van der Waals surface area contributed by atoms with Crippen molar-refractivity contribution in [1.82, 2.24) is 0 Å². The summed E-state index contributed by atoms with van der Waals surface area (Å²) in [7, 11) is 0. The molecular formula is C16H22O3. The van der Waals surface area contributed by atoms with Crippen molar-refractivity contribution in [3.63, 3.8) is 0 Å². The molecule has 0 saturated heterocycles. The van der Waals surface area contributed by atoms with Crippen LogP contribution in [0.1, 0.15) is 51.0 Å². The first-order chi connectivity index (χ1) is 9.06. The molecule has 3 nitrogen and oxygen atoms in total. The molecule has 104 valence electrons. The summed E-state index contributed by atoms with van der Waals surface area (Å²) in [5.41, 5.74) is 1.29. The van der Waals surface area contributed by atoms with Crippen LogP contribution in [0.25, 0.3) is 0 Å². The second kappa shape index (κ2) is 6.09. The van der Waals surface area contributed by atoms with E-state index in [1.807, 2.05) is 12.1 Å². The third kappa shape index (κ3) is 3.72. The van der Waals surface area contributed by atoms with Crippen molar-refractivity contribution in [3.05, 3.63) is 29.8 Å². The highest BCUT2D eigenvalue weighted by Gasteiger charge is 2.30. The Balaban J connectivity index is 1.98. The molecule has 0 bridgehead atoms. The molecule has 1 aromatic rings. The monoisotopic (exact) mass is 262 g/mol. The molecule has 1 saturated carbocycles. The van der Waals surface area contributed by atoms with Crippen LogP contribution in [-0.2, 0) is 4.79 Å². The molecule has 19 heavy (non-hydrogen) atoms. The van der Waals surface area contributed by atoms with Crippen molar-refractivity contribution in [2.24, 2.45) is 5.92 Å². The third-order valence-electron chi connectivity index (χ3n) is 3.86. The van der Waals surface area contributed by atoms with E-state index in [2.05, 4.69) is 26.0 Å². The Hall–Kier alpha value is -1.51. The van der Waals surface area contributed by atoms with Crippen LogP contribution in [0.4, 0.5) is 0 Å². The molecule has 0 heterocycles. The van der Waals surface area contributed by atoms with Gasteiger partial charge in [0.1, 0.15) is 11.9 Å². The predicted octanol–water partition coefficient (Wildman–Crippen LogP) is 3.83. The topological polar surface area (TPSA) is 46.5 Å². The zero-order valence-electron chi connectivity index (χ0n) is 11.6. The SMILES string of the molecule is CC(C)c1ccc(OC2CCCC2CC(=O)O)cc1. The fraction of sp³-hybridized carbons (Fsp3) is 0.562. The number of hydrogen-bond acceptors (Lipinski definition) is 2. The largest absolute Gasteiger partial charge is 0.490 e. The number of carbonyl (C=O) groups is 1. The van der Waals surface area contributed by atoms with E-state index in [-0.39, 0.29) is 18.4 Å². The second-order valence-corrected chi connectivity index (χ2v) is 5.67. The Morgan fingerprint density at radius 3 is 2.58 bits per heavy atom. The minimum absolute atomic E-state index is 0.0565. The Labute approximate surface area is 114 Å². The lowest BCUT2D eigenvalue weighted by atomic mass is 10.0. The molecule has 1 N–H and O–H groups in total. The van der Waals surface area contributed by atoms with Gasteiger partial charge in [-0.15, -0.1) is 0 Å². The first-order valence-electron chi connectivity index (χ1n) is 7.04. The number of rotatable bonds is 5. The number of benzene rings is 1. The maximum Gasteiger partial charge on any atom is 0.303 e. The molecule has 2 rings (SSSR count). The summed E-state index contributed by atoms with van der Waals surface area (Å²) in [5.74, 6) is 0.796. The van der Waals surface area contributed by atoms with E-state index in [9.17, 15) is 4.79 Å². The average molecular weight is 262 g/mol. The second-order valence-electron chi connectivity index (χ2n) is 5.67. The quantitative estimate of drug-likeness (QED) is 0.877. The molecule has 0 spiro atoms. The van der Waals surface area contributed by atoms with Crippen molar-refractivity contribution in [2.75, 3.05) is 0 Å². The lowest BCUT2D eigenvalue weighted by Crippen LogP contribution is -2.23. The molecule has 1 aliphatic carbocycles. The maximum atomic E-state index is 10.8. The maximum absolute atomic E-state index is 10.8. The van der Waals surface area contributed by atoms with Crippen LogP contribution < -0.4 is 4.74 Å². The van der Waals surface area contributed by atoms with Crippen LogP contribution in [0.3, 0.4) is 0 Å². The van der Waals surface area contributed by atoms with Gasteiger partial charge in [0.05, 0.1) is 6.42 Å². The number of aliphatic carboxylic acids is 1. The van der Waals surface area contributed by atoms with Gasteiger partial charge < -0.3 is 9.84 Å². The Kier molecular flexibility index (Phi) is 4.46. The van der Waals surface area contributed by atoms with Gasteiger partial charge >= 0.3 is 5.97 Å². The van der Waals surface area contributed by atoms with E-state index in [0.717, 1.165) is 25.0 Å². The highest BCUT2D eigenvalue weighted by molar-refractivity contribution is 5.67. The summed E-state index contributed by atoms with van der Waals surface area (Å²) in [5, 5.41) is 8.90. The van der Waals surface area contributed by atoms with Gasteiger partial charge in [0, 0.05) is 5.92 Å². The fourth-order valence-corrected chi connectivity index (χ4v) is 2.72. The van der Waals surface area contributed by atoms with Crippen LogP contribution in [0.2, 0.25) is 0 Å². The number of ether oxygens (including phenoxy) is 1. The molecule has 0 aromatic heterocycles. The number of carboxylic acids is 1. The normalized spacial score (nSPS) is 22.7. The summed E-state index contributed by atoms with van der Waals surface area (Å²) in [4.78, 5) is 10.8. The smallest absolute Gasteiger partial charge is 0.303 e. The molecule has 1 fully saturated rings. The van der Waals surface area contributed by atoms with Crippen molar-refractivity contribution in [2.45, 2.75) is 51.6 Å². The van der Waals surface area contributed by atoms with Crippen LogP contribution in [0.5, 0.6) is 5.75 Å². The first-order valence-corrected chi connectivity index (χ1v) is 7.04. The molecule has 3 heteroatoms. The lowest BCUT2D eigenvalue weighted by Gasteiger charge is -2.20. The number of hydrogen-bond donors (Lipinski definition) is 1.